The van der Waals surface area contributed by atoms with Gasteiger partial charge in [-0.05, 0) is 0 Å². The van der Waals surface area contributed by atoms with Gasteiger partial charge in [0.15, 0.2) is 0 Å². The Kier molecular flexibility index (Phi) is 8.01. The van der Waals surface area contributed by atoms with Gasteiger partial charge in [-0.25, -0.2) is 0 Å². The average Bonchev–Trinajstić information content (AvgIpc) is 2.63. The van der Waals surface area contributed by atoms with Crippen molar-refractivity contribution in [2.45, 2.75) is 0 Å². The van der Waals surface area contributed by atoms with E-state index in [0.29, 0.717) is 0 Å². The molecular formula is C8H8O2Se2Sn. The Morgan fingerprint density at radius 3 is 0.923 bits per heavy atom. The Labute approximate surface area is 103 Å². The third kappa shape index (κ3) is 6.47. The van der Waals surface area contributed by atoms with Gasteiger partial charge < -0.3 is 0 Å². The molecule has 0 aromatic rings. The van der Waals surface area contributed by atoms with Crippen LogP contribution in [0.25, 0.3) is 0 Å². The molecule has 4 radical (unpaired) electrons. The minimum Gasteiger partial charge on any atom is 0 e. The van der Waals surface area contributed by atoms with Gasteiger partial charge in [-0.15, -0.1) is 0 Å². The fourth-order valence-corrected chi connectivity index (χ4v) is 3.02. The SMILES string of the molecule is O=[Se]1C=CC=C1.O=[Se]1C=CC=C1.[Sn]. The molecule has 2 nitrogen and oxygen atoms in total. The van der Waals surface area contributed by atoms with Gasteiger partial charge in [0.1, 0.15) is 0 Å². The summed E-state index contributed by atoms with van der Waals surface area (Å²) in [6, 6.07) is 0. The first-order valence-electron chi connectivity index (χ1n) is 3.28. The maximum Gasteiger partial charge on any atom is 0 e. The standard InChI is InChI=1S/2C4H4OSe.Sn/c2*5-6-3-1-2-4-6;/h2*1-4H;. The average molecular weight is 413 g/mol. The third-order valence-electron chi connectivity index (χ3n) is 1.07. The molecule has 5 heteroatoms. The number of hydrogen-bond donors (Lipinski definition) is 0. The number of hydrogen-bond acceptors (Lipinski definition) is 2. The number of rotatable bonds is 0. The van der Waals surface area contributed by atoms with Crippen molar-refractivity contribution in [3.8, 4) is 0 Å². The maximum atomic E-state index is 10.3. The van der Waals surface area contributed by atoms with E-state index >= 15 is 0 Å². The summed E-state index contributed by atoms with van der Waals surface area (Å²) in [4.78, 5) is 6.94. The van der Waals surface area contributed by atoms with E-state index in [2.05, 4.69) is 0 Å². The molecule has 0 atom stereocenters. The Hall–Kier alpha value is 0.398. The summed E-state index contributed by atoms with van der Waals surface area (Å²) in [5.41, 5.74) is 0. The minimum absolute atomic E-state index is 0. The molecule has 0 unspecified atom stereocenters. The fourth-order valence-electron chi connectivity index (χ4n) is 0.582. The first-order valence-corrected chi connectivity index (χ1v) is 8.63. The summed E-state index contributed by atoms with van der Waals surface area (Å²) in [6.07, 6.45) is 7.27. The van der Waals surface area contributed by atoms with Crippen LogP contribution in [-0.2, 0) is 7.67 Å². The molecule has 0 aromatic heterocycles. The maximum absolute atomic E-state index is 10.3. The zero-order valence-corrected chi connectivity index (χ0v) is 13.0. The predicted octanol–water partition coefficient (Wildman–Crippen LogP) is 0.845. The van der Waals surface area contributed by atoms with Crippen LogP contribution in [0.2, 0.25) is 0 Å². The second-order valence-corrected chi connectivity index (χ2v) is 7.01. The predicted molar refractivity (Wildman–Crippen MR) is 55.2 cm³/mol. The van der Waals surface area contributed by atoms with Crippen LogP contribution in [0.1, 0.15) is 0 Å². The molecule has 0 bridgehead atoms. The van der Waals surface area contributed by atoms with Crippen LogP contribution < -0.4 is 0 Å². The van der Waals surface area contributed by atoms with Gasteiger partial charge in [-0.3, -0.25) is 0 Å². The molecular weight excluding hydrogens is 405 g/mol. The van der Waals surface area contributed by atoms with Crippen molar-refractivity contribution < 1.29 is 7.67 Å². The summed E-state index contributed by atoms with van der Waals surface area (Å²) >= 11 is -3.10. The second-order valence-electron chi connectivity index (χ2n) is 1.97. The van der Waals surface area contributed by atoms with E-state index in [9.17, 15) is 7.67 Å². The zero-order chi connectivity index (χ0) is 8.81. The van der Waals surface area contributed by atoms with Gasteiger partial charge in [0.05, 0.1) is 0 Å². The molecule has 2 heterocycles. The normalized spacial score (nSPS) is 18.5. The minimum atomic E-state index is -1.55. The van der Waals surface area contributed by atoms with Gasteiger partial charge in [0, 0.05) is 23.9 Å². The molecule has 0 N–H and O–H groups in total. The molecule has 2 aliphatic heterocycles. The van der Waals surface area contributed by atoms with Gasteiger partial charge in [0.2, 0.25) is 0 Å². The van der Waals surface area contributed by atoms with Crippen molar-refractivity contribution in [1.82, 2.24) is 0 Å². The van der Waals surface area contributed by atoms with Crippen LogP contribution in [0.15, 0.2) is 44.2 Å². The Morgan fingerprint density at radius 1 is 0.615 bits per heavy atom. The summed E-state index contributed by atoms with van der Waals surface area (Å²) in [5, 5.41) is 0. The van der Waals surface area contributed by atoms with E-state index in [0.717, 1.165) is 0 Å². The van der Waals surface area contributed by atoms with Crippen LogP contribution in [0.5, 0.6) is 0 Å². The van der Waals surface area contributed by atoms with Crippen LogP contribution in [0, 0.1) is 0 Å². The summed E-state index contributed by atoms with van der Waals surface area (Å²) < 4.78 is 20.6. The van der Waals surface area contributed by atoms with Crippen molar-refractivity contribution >= 4 is 51.6 Å². The molecule has 2 aliphatic rings. The second kappa shape index (κ2) is 7.77. The van der Waals surface area contributed by atoms with Crippen molar-refractivity contribution in [2.75, 3.05) is 0 Å². The van der Waals surface area contributed by atoms with Crippen LogP contribution in [0.4, 0.5) is 0 Å². The monoisotopic (exact) mass is 416 g/mol. The molecule has 68 valence electrons. The summed E-state index contributed by atoms with van der Waals surface area (Å²) in [5.74, 6) is 0. The van der Waals surface area contributed by atoms with E-state index < -0.39 is 27.7 Å². The van der Waals surface area contributed by atoms with Crippen LogP contribution >= 0.6 is 0 Å². The molecule has 0 saturated carbocycles. The largest absolute Gasteiger partial charge is 0 e. The molecule has 0 fully saturated rings. The van der Waals surface area contributed by atoms with Crippen molar-refractivity contribution in [3.05, 3.63) is 44.2 Å². The van der Waals surface area contributed by atoms with Gasteiger partial charge in [-0.2, -0.15) is 0 Å². The van der Waals surface area contributed by atoms with E-state index in [1.807, 2.05) is 24.3 Å². The molecule has 0 aliphatic carbocycles. The topological polar surface area (TPSA) is 34.1 Å². The Balaban J connectivity index is 0.000000206. The quantitative estimate of drug-likeness (QED) is 0.553. The van der Waals surface area contributed by atoms with Gasteiger partial charge in [-0.1, -0.05) is 0 Å². The van der Waals surface area contributed by atoms with Crippen LogP contribution in [0.3, 0.4) is 0 Å². The van der Waals surface area contributed by atoms with Crippen LogP contribution in [-0.4, -0.2) is 51.6 Å². The molecule has 0 spiro atoms. The van der Waals surface area contributed by atoms with Crippen molar-refractivity contribution in [2.24, 2.45) is 0 Å². The van der Waals surface area contributed by atoms with E-state index in [-0.39, 0.29) is 23.9 Å². The Morgan fingerprint density at radius 2 is 0.846 bits per heavy atom. The molecule has 2 rings (SSSR count). The molecule has 13 heavy (non-hydrogen) atoms. The Bertz CT molecular complexity index is 256. The van der Waals surface area contributed by atoms with Crippen molar-refractivity contribution in [3.63, 3.8) is 0 Å². The first-order chi connectivity index (χ1) is 5.79. The number of allylic oxidation sites excluding steroid dienone is 4. The van der Waals surface area contributed by atoms with Gasteiger partial charge in [0.25, 0.3) is 0 Å². The van der Waals surface area contributed by atoms with Gasteiger partial charge >= 0.3 is 79.5 Å². The third-order valence-corrected chi connectivity index (χ3v) is 4.64. The smallest absolute Gasteiger partial charge is 0 e. The summed E-state index contributed by atoms with van der Waals surface area (Å²) in [7, 11) is 0. The molecule has 0 amide bonds. The van der Waals surface area contributed by atoms with E-state index in [1.165, 1.54) is 0 Å². The first kappa shape index (κ1) is 13.4. The fraction of sp³-hybridized carbons (Fsp3) is 0. The zero-order valence-electron chi connectivity index (χ0n) is 6.75. The summed E-state index contributed by atoms with van der Waals surface area (Å²) in [6.45, 7) is 0. The van der Waals surface area contributed by atoms with E-state index in [4.69, 9.17) is 0 Å². The van der Waals surface area contributed by atoms with Crippen molar-refractivity contribution in [1.29, 1.82) is 0 Å². The molecule has 0 aromatic carbocycles. The molecule has 0 saturated heterocycles. The van der Waals surface area contributed by atoms with E-state index in [1.54, 1.807) is 19.9 Å².